The van der Waals surface area contributed by atoms with Gasteiger partial charge in [0.25, 0.3) is 5.91 Å². The van der Waals surface area contributed by atoms with E-state index in [4.69, 9.17) is 9.47 Å². The number of carbonyl (C=O) groups excluding carboxylic acids is 2. The highest BCUT2D eigenvalue weighted by Gasteiger charge is 2.58. The highest BCUT2D eigenvalue weighted by atomic mass is 19.1. The maximum Gasteiger partial charge on any atom is 0.337 e. The fraction of sp³-hybridized carbons (Fsp3) is 0.200. The predicted molar refractivity (Wildman–Crippen MR) is 143 cm³/mol. The summed E-state index contributed by atoms with van der Waals surface area (Å²) in [4.78, 5) is 26.6. The summed E-state index contributed by atoms with van der Waals surface area (Å²) < 4.78 is 25.9. The van der Waals surface area contributed by atoms with Gasteiger partial charge in [0.1, 0.15) is 17.5 Å². The Morgan fingerprint density at radius 2 is 1.74 bits per heavy atom. The van der Waals surface area contributed by atoms with Crippen molar-refractivity contribution in [3.63, 3.8) is 0 Å². The van der Waals surface area contributed by atoms with Gasteiger partial charge in [-0.1, -0.05) is 54.6 Å². The molecule has 1 amide bonds. The van der Waals surface area contributed by atoms with Crippen LogP contribution in [0, 0.1) is 12.7 Å². The molecule has 3 aromatic carbocycles. The van der Waals surface area contributed by atoms with Crippen molar-refractivity contribution in [3.05, 3.63) is 119 Å². The Bertz CT molecular complexity index is 1390. The summed E-state index contributed by atoms with van der Waals surface area (Å²) in [6.07, 6.45) is 3.22. The first-order chi connectivity index (χ1) is 18.4. The van der Waals surface area contributed by atoms with E-state index in [1.54, 1.807) is 31.2 Å². The zero-order chi connectivity index (χ0) is 26.7. The average Bonchev–Trinajstić information content (AvgIpc) is 3.50. The number of amides is 1. The summed E-state index contributed by atoms with van der Waals surface area (Å²) in [7, 11) is 1.27. The summed E-state index contributed by atoms with van der Waals surface area (Å²) in [5, 5.41) is 3.39. The van der Waals surface area contributed by atoms with Gasteiger partial charge in [-0.3, -0.25) is 15.6 Å². The van der Waals surface area contributed by atoms with E-state index in [9.17, 15) is 14.0 Å². The Morgan fingerprint density at radius 3 is 2.42 bits per heavy atom. The van der Waals surface area contributed by atoms with Crippen molar-refractivity contribution in [2.75, 3.05) is 17.9 Å². The monoisotopic (exact) mass is 513 g/mol. The van der Waals surface area contributed by atoms with Gasteiger partial charge in [0.2, 0.25) is 0 Å². The zero-order valence-electron chi connectivity index (χ0n) is 21.0. The second-order valence-electron chi connectivity index (χ2n) is 9.32. The van der Waals surface area contributed by atoms with Crippen LogP contribution in [0.1, 0.15) is 11.1 Å². The van der Waals surface area contributed by atoms with Crippen LogP contribution in [-0.4, -0.2) is 36.7 Å². The van der Waals surface area contributed by atoms with Crippen LogP contribution in [0.2, 0.25) is 0 Å². The first kappa shape index (κ1) is 25.2. The Morgan fingerprint density at radius 1 is 1.03 bits per heavy atom. The van der Waals surface area contributed by atoms with E-state index in [-0.39, 0.29) is 17.0 Å². The van der Waals surface area contributed by atoms with E-state index >= 15 is 0 Å². The molecule has 0 radical (unpaired) electrons. The van der Waals surface area contributed by atoms with Crippen LogP contribution in [-0.2, 0) is 25.5 Å². The smallest absolute Gasteiger partial charge is 0.337 e. The first-order valence-corrected chi connectivity index (χ1v) is 12.3. The van der Waals surface area contributed by atoms with Gasteiger partial charge in [-0.25, -0.2) is 9.18 Å². The summed E-state index contributed by atoms with van der Waals surface area (Å²) in [6.45, 7) is 1.80. The average molecular weight is 514 g/mol. The summed E-state index contributed by atoms with van der Waals surface area (Å²) in [5.74, 6) is -1.56. The molecule has 3 aromatic rings. The van der Waals surface area contributed by atoms with Gasteiger partial charge in [-0.15, -0.1) is 0 Å². The number of hydrazine groups is 1. The van der Waals surface area contributed by atoms with Gasteiger partial charge in [0.15, 0.2) is 0 Å². The van der Waals surface area contributed by atoms with Gasteiger partial charge in [-0.2, -0.15) is 0 Å². The molecular weight excluding hydrogens is 485 g/mol. The summed E-state index contributed by atoms with van der Waals surface area (Å²) in [5.41, 5.74) is 7.42. The van der Waals surface area contributed by atoms with Crippen LogP contribution in [0.5, 0.6) is 0 Å². The molecule has 3 unspecified atom stereocenters. The molecule has 0 aliphatic carbocycles. The molecule has 0 spiro atoms. The molecule has 0 saturated heterocycles. The number of anilines is 2. The van der Waals surface area contributed by atoms with E-state index in [1.807, 2.05) is 54.6 Å². The predicted octanol–water partition coefficient (Wildman–Crippen LogP) is 4.48. The molecular formula is C30H28FN3O4. The number of aryl methyl sites for hydroxylation is 1. The molecule has 7 nitrogen and oxygen atoms in total. The van der Waals surface area contributed by atoms with E-state index in [2.05, 4.69) is 16.2 Å². The molecule has 0 fully saturated rings. The van der Waals surface area contributed by atoms with Crippen LogP contribution in [0.3, 0.4) is 0 Å². The van der Waals surface area contributed by atoms with Gasteiger partial charge < -0.3 is 14.8 Å². The lowest BCUT2D eigenvalue weighted by molar-refractivity contribution is -0.138. The van der Waals surface area contributed by atoms with E-state index in [1.165, 1.54) is 19.2 Å². The lowest BCUT2D eigenvalue weighted by Crippen LogP contribution is -2.49. The number of esters is 1. The minimum Gasteiger partial charge on any atom is -0.466 e. The van der Waals surface area contributed by atoms with Crippen LogP contribution in [0.4, 0.5) is 15.8 Å². The number of hydrogen-bond donors (Lipinski definition) is 3. The van der Waals surface area contributed by atoms with E-state index in [0.717, 1.165) is 11.1 Å². The number of benzene rings is 3. The highest BCUT2D eigenvalue weighted by molar-refractivity contribution is 6.07. The molecule has 8 heteroatoms. The SMILES string of the molecule is COC(=O)C1=C(C(=O)NNc2ccccc2)C2C=CC1(C(Cc1ccccc1)Nc1cc(C)cc(F)c1)O2. The summed E-state index contributed by atoms with van der Waals surface area (Å²) >= 11 is 0. The van der Waals surface area contributed by atoms with E-state index in [0.29, 0.717) is 17.8 Å². The fourth-order valence-electron chi connectivity index (χ4n) is 5.05. The Hall–Kier alpha value is -4.43. The standard InChI is InChI=1S/C30H28FN3O4/c1-19-15-21(31)18-23(16-19)32-25(17-20-9-5-3-6-10-20)30-14-13-24(38-30)26(27(30)29(36)37-2)28(35)34-33-22-11-7-4-8-12-22/h3-16,18,24-25,32-33H,17H2,1-2H3,(H,34,35). The normalized spacial score (nSPS) is 20.2. The van der Waals surface area contributed by atoms with Crippen molar-refractivity contribution in [2.24, 2.45) is 0 Å². The number of nitrogens with one attached hydrogen (secondary N) is 3. The quantitative estimate of drug-likeness (QED) is 0.222. The third-order valence-electron chi connectivity index (χ3n) is 6.70. The number of methoxy groups -OCH3 is 1. The second-order valence-corrected chi connectivity index (χ2v) is 9.32. The summed E-state index contributed by atoms with van der Waals surface area (Å²) in [6, 6.07) is 22.9. The zero-order valence-corrected chi connectivity index (χ0v) is 21.0. The lowest BCUT2D eigenvalue weighted by atomic mass is 9.79. The highest BCUT2D eigenvalue weighted by Crippen LogP contribution is 2.47. The van der Waals surface area contributed by atoms with Crippen molar-refractivity contribution in [1.29, 1.82) is 0 Å². The number of carbonyl (C=O) groups is 2. The van der Waals surface area contributed by atoms with Crippen molar-refractivity contribution < 1.29 is 23.5 Å². The first-order valence-electron chi connectivity index (χ1n) is 12.3. The maximum atomic E-state index is 14.3. The second kappa shape index (κ2) is 10.5. The van der Waals surface area contributed by atoms with Gasteiger partial charge >= 0.3 is 5.97 Å². The van der Waals surface area contributed by atoms with Crippen LogP contribution < -0.4 is 16.2 Å². The van der Waals surface area contributed by atoms with Crippen molar-refractivity contribution >= 4 is 23.3 Å². The topological polar surface area (TPSA) is 88.7 Å². The molecule has 2 aliphatic rings. The third kappa shape index (κ3) is 4.90. The molecule has 38 heavy (non-hydrogen) atoms. The third-order valence-corrected chi connectivity index (χ3v) is 6.70. The minimum absolute atomic E-state index is 0.112. The number of ether oxygens (including phenoxy) is 2. The molecule has 3 atom stereocenters. The largest absolute Gasteiger partial charge is 0.466 e. The lowest BCUT2D eigenvalue weighted by Gasteiger charge is -2.36. The number of halogens is 1. The number of fused-ring (bicyclic) bond motifs is 2. The maximum absolute atomic E-state index is 14.3. The molecule has 194 valence electrons. The number of rotatable bonds is 9. The number of hydrogen-bond acceptors (Lipinski definition) is 6. The van der Waals surface area contributed by atoms with Gasteiger partial charge in [-0.05, 0) is 60.9 Å². The van der Waals surface area contributed by atoms with E-state index < -0.39 is 29.6 Å². The van der Waals surface area contributed by atoms with Crippen molar-refractivity contribution in [1.82, 2.24) is 5.43 Å². The number of para-hydroxylation sites is 1. The van der Waals surface area contributed by atoms with Crippen LogP contribution >= 0.6 is 0 Å². The molecule has 5 rings (SSSR count). The molecule has 3 N–H and O–H groups in total. The molecule has 2 bridgehead atoms. The molecule has 0 aromatic heterocycles. The van der Waals surface area contributed by atoms with Crippen LogP contribution in [0.25, 0.3) is 0 Å². The minimum atomic E-state index is -1.33. The van der Waals surface area contributed by atoms with Gasteiger partial charge in [0.05, 0.1) is 30.0 Å². The molecule has 2 aliphatic heterocycles. The van der Waals surface area contributed by atoms with Crippen LogP contribution in [0.15, 0.2) is 102 Å². The van der Waals surface area contributed by atoms with Crippen molar-refractivity contribution in [2.45, 2.75) is 31.1 Å². The fourth-order valence-corrected chi connectivity index (χ4v) is 5.05. The molecule has 0 saturated carbocycles. The van der Waals surface area contributed by atoms with Gasteiger partial charge in [0, 0.05) is 5.69 Å². The Kier molecular flexibility index (Phi) is 6.98. The Labute approximate surface area is 220 Å². The Balaban J connectivity index is 1.54. The van der Waals surface area contributed by atoms with Crippen molar-refractivity contribution in [3.8, 4) is 0 Å². The molecule has 2 heterocycles.